The summed E-state index contributed by atoms with van der Waals surface area (Å²) in [6, 6.07) is 5.44. The highest BCUT2D eigenvalue weighted by atomic mass is 19.4. The summed E-state index contributed by atoms with van der Waals surface area (Å²) in [5, 5.41) is 16.6. The average molecular weight is 410 g/mol. The van der Waals surface area contributed by atoms with Crippen molar-refractivity contribution in [2.24, 2.45) is 0 Å². The zero-order valence-electron chi connectivity index (χ0n) is 15.6. The van der Waals surface area contributed by atoms with Gasteiger partial charge in [0.25, 0.3) is 5.91 Å². The van der Waals surface area contributed by atoms with Crippen molar-refractivity contribution in [1.29, 1.82) is 0 Å². The number of alkyl halides is 3. The third-order valence-electron chi connectivity index (χ3n) is 4.09. The van der Waals surface area contributed by atoms with Crippen molar-refractivity contribution in [3.8, 4) is 0 Å². The van der Waals surface area contributed by atoms with Gasteiger partial charge < -0.3 is 10.4 Å². The van der Waals surface area contributed by atoms with Crippen LogP contribution in [0.3, 0.4) is 0 Å². The van der Waals surface area contributed by atoms with E-state index < -0.39 is 34.9 Å². The monoisotopic (exact) mass is 410 g/mol. The molecule has 0 aliphatic rings. The molecule has 6 nitrogen and oxygen atoms in total. The van der Waals surface area contributed by atoms with Crippen LogP contribution in [0.15, 0.2) is 36.5 Å². The molecule has 0 radical (unpaired) electrons. The van der Waals surface area contributed by atoms with E-state index in [1.165, 1.54) is 10.7 Å². The molecule has 0 unspecified atom stereocenters. The molecule has 3 rings (SSSR count). The Kier molecular flexibility index (Phi) is 5.31. The van der Waals surface area contributed by atoms with E-state index in [4.69, 9.17) is 0 Å². The predicted octanol–water partition coefficient (Wildman–Crippen LogP) is 4.00. The fourth-order valence-electron chi connectivity index (χ4n) is 2.63. The number of aromatic nitrogens is 3. The molecule has 154 valence electrons. The van der Waals surface area contributed by atoms with E-state index in [1.807, 2.05) is 0 Å². The van der Waals surface area contributed by atoms with Gasteiger partial charge >= 0.3 is 6.18 Å². The number of aryl methyl sites for hydroxylation is 1. The molecule has 2 heterocycles. The highest BCUT2D eigenvalue weighted by Gasteiger charge is 2.33. The lowest BCUT2D eigenvalue weighted by Gasteiger charge is -2.16. The number of benzene rings is 1. The van der Waals surface area contributed by atoms with E-state index in [0.717, 1.165) is 24.3 Å². The Labute approximate surface area is 163 Å². The number of halogens is 4. The molecule has 0 aliphatic heterocycles. The molecule has 0 spiro atoms. The molecule has 0 aliphatic carbocycles. The molecule has 10 heteroatoms. The Morgan fingerprint density at radius 1 is 1.24 bits per heavy atom. The quantitative estimate of drug-likeness (QED) is 0.623. The molecule has 29 heavy (non-hydrogen) atoms. The normalized spacial score (nSPS) is 12.4. The van der Waals surface area contributed by atoms with Gasteiger partial charge in [0.2, 0.25) is 0 Å². The van der Waals surface area contributed by atoms with Crippen molar-refractivity contribution in [2.75, 3.05) is 5.32 Å². The first-order valence-corrected chi connectivity index (χ1v) is 8.67. The second kappa shape index (κ2) is 7.43. The van der Waals surface area contributed by atoms with Crippen LogP contribution in [0, 0.1) is 5.82 Å². The molecule has 0 saturated heterocycles. The maximum absolute atomic E-state index is 14.4. The second-order valence-electron chi connectivity index (χ2n) is 7.21. The number of amides is 1. The van der Waals surface area contributed by atoms with E-state index in [2.05, 4.69) is 15.4 Å². The number of pyridine rings is 1. The molecule has 2 N–H and O–H groups in total. The summed E-state index contributed by atoms with van der Waals surface area (Å²) in [5.74, 6) is -1.60. The molecule has 0 saturated carbocycles. The standard InChI is InChI=1S/C19H18F4N4O2/c1-18(2,29)6-7-27-10-11-8-12(9-13(20)16(11)26-27)24-17(28)14-4-3-5-15(25-14)19(21,22)23/h3-5,8-10,29H,6-7H2,1-2H3,(H,24,28). The van der Waals surface area contributed by atoms with Crippen LogP contribution in [0.5, 0.6) is 0 Å². The molecule has 0 fully saturated rings. The Morgan fingerprint density at radius 2 is 1.97 bits per heavy atom. The average Bonchev–Trinajstić information content (AvgIpc) is 3.02. The van der Waals surface area contributed by atoms with Crippen molar-refractivity contribution in [3.05, 3.63) is 53.7 Å². The number of fused-ring (bicyclic) bond motifs is 1. The Morgan fingerprint density at radius 3 is 2.62 bits per heavy atom. The van der Waals surface area contributed by atoms with Crippen LogP contribution in [0.2, 0.25) is 0 Å². The highest BCUT2D eigenvalue weighted by Crippen LogP contribution is 2.28. The number of carbonyl (C=O) groups excluding carboxylic acids is 1. The summed E-state index contributed by atoms with van der Waals surface area (Å²) in [7, 11) is 0. The van der Waals surface area contributed by atoms with Crippen molar-refractivity contribution in [1.82, 2.24) is 14.8 Å². The number of hydrogen-bond acceptors (Lipinski definition) is 4. The van der Waals surface area contributed by atoms with Gasteiger partial charge in [-0.05, 0) is 44.5 Å². The molecule has 1 aromatic carbocycles. The molecule has 0 bridgehead atoms. The van der Waals surface area contributed by atoms with Gasteiger partial charge in [-0.25, -0.2) is 9.37 Å². The van der Waals surface area contributed by atoms with E-state index in [9.17, 15) is 27.5 Å². The first-order valence-electron chi connectivity index (χ1n) is 8.67. The van der Waals surface area contributed by atoms with Crippen molar-refractivity contribution < 1.29 is 27.5 Å². The van der Waals surface area contributed by atoms with Crippen LogP contribution in [-0.2, 0) is 12.7 Å². The minimum Gasteiger partial charge on any atom is -0.390 e. The lowest BCUT2D eigenvalue weighted by atomic mass is 10.1. The third kappa shape index (κ3) is 5.08. The summed E-state index contributed by atoms with van der Waals surface area (Å²) in [6.07, 6.45) is -2.73. The lowest BCUT2D eigenvalue weighted by molar-refractivity contribution is -0.141. The van der Waals surface area contributed by atoms with Crippen molar-refractivity contribution in [3.63, 3.8) is 0 Å². The van der Waals surface area contributed by atoms with Crippen molar-refractivity contribution in [2.45, 2.75) is 38.6 Å². The number of hydrogen-bond donors (Lipinski definition) is 2. The van der Waals surface area contributed by atoms with Gasteiger partial charge in [0, 0.05) is 23.8 Å². The van der Waals surface area contributed by atoms with Gasteiger partial charge in [-0.15, -0.1) is 0 Å². The Hall–Kier alpha value is -3.01. The van der Waals surface area contributed by atoms with E-state index in [1.54, 1.807) is 20.0 Å². The van der Waals surface area contributed by atoms with Crippen LogP contribution in [0.1, 0.15) is 36.5 Å². The van der Waals surface area contributed by atoms with Crippen LogP contribution < -0.4 is 5.32 Å². The summed E-state index contributed by atoms with van der Waals surface area (Å²) in [6.45, 7) is 3.64. The number of nitrogens with one attached hydrogen (secondary N) is 1. The second-order valence-corrected chi connectivity index (χ2v) is 7.21. The summed E-state index contributed by atoms with van der Waals surface area (Å²) >= 11 is 0. The zero-order valence-corrected chi connectivity index (χ0v) is 15.6. The maximum atomic E-state index is 14.4. The SMILES string of the molecule is CC(C)(O)CCn1cc2cc(NC(=O)c3cccc(C(F)(F)F)n3)cc(F)c2n1. The van der Waals surface area contributed by atoms with E-state index in [-0.39, 0.29) is 11.2 Å². The fourth-order valence-corrected chi connectivity index (χ4v) is 2.63. The Bertz CT molecular complexity index is 1050. The fraction of sp³-hybridized carbons (Fsp3) is 0.316. The number of aliphatic hydroxyl groups is 1. The topological polar surface area (TPSA) is 80.0 Å². The van der Waals surface area contributed by atoms with E-state index >= 15 is 0 Å². The predicted molar refractivity (Wildman–Crippen MR) is 97.8 cm³/mol. The number of nitrogens with zero attached hydrogens (tertiary/aromatic N) is 3. The molecule has 0 atom stereocenters. The molecule has 3 aromatic rings. The molecule has 1 amide bonds. The smallest absolute Gasteiger partial charge is 0.390 e. The van der Waals surface area contributed by atoms with Gasteiger partial charge in [0.1, 0.15) is 16.9 Å². The van der Waals surface area contributed by atoms with Crippen molar-refractivity contribution >= 4 is 22.5 Å². The van der Waals surface area contributed by atoms with Crippen LogP contribution in [-0.4, -0.2) is 31.4 Å². The van der Waals surface area contributed by atoms with Gasteiger partial charge in [-0.3, -0.25) is 9.48 Å². The van der Waals surface area contributed by atoms with Gasteiger partial charge in [-0.1, -0.05) is 6.07 Å². The van der Waals surface area contributed by atoms with E-state index in [0.29, 0.717) is 18.4 Å². The lowest BCUT2D eigenvalue weighted by Crippen LogP contribution is -2.21. The first-order chi connectivity index (χ1) is 13.4. The Balaban J connectivity index is 1.82. The minimum atomic E-state index is -4.68. The zero-order chi connectivity index (χ0) is 21.4. The number of anilines is 1. The highest BCUT2D eigenvalue weighted by molar-refractivity contribution is 6.03. The first kappa shape index (κ1) is 20.7. The minimum absolute atomic E-state index is 0.0567. The number of carbonyl (C=O) groups is 1. The molecular formula is C19H18F4N4O2. The van der Waals surface area contributed by atoms with Gasteiger partial charge in [0.05, 0.1) is 5.60 Å². The summed E-state index contributed by atoms with van der Waals surface area (Å²) in [4.78, 5) is 15.6. The van der Waals surface area contributed by atoms with Crippen LogP contribution in [0.25, 0.3) is 10.9 Å². The summed E-state index contributed by atoms with van der Waals surface area (Å²) in [5.41, 5.74) is -2.41. The number of rotatable bonds is 5. The summed E-state index contributed by atoms with van der Waals surface area (Å²) < 4.78 is 54.1. The molecular weight excluding hydrogens is 392 g/mol. The van der Waals surface area contributed by atoms with Gasteiger partial charge in [0.15, 0.2) is 5.82 Å². The maximum Gasteiger partial charge on any atom is 0.433 e. The largest absolute Gasteiger partial charge is 0.433 e. The van der Waals surface area contributed by atoms with Crippen LogP contribution >= 0.6 is 0 Å². The molecule has 2 aromatic heterocycles. The third-order valence-corrected chi connectivity index (χ3v) is 4.09. The van der Waals surface area contributed by atoms with Gasteiger partial charge in [-0.2, -0.15) is 18.3 Å². The van der Waals surface area contributed by atoms with Crippen LogP contribution in [0.4, 0.5) is 23.2 Å².